The molecule has 0 aliphatic carbocycles. The third kappa shape index (κ3) is 4.85. The summed E-state index contributed by atoms with van der Waals surface area (Å²) < 4.78 is 66.5. The van der Waals surface area contributed by atoms with Crippen molar-refractivity contribution < 1.29 is 42.0 Å². The monoisotopic (exact) mass is 340 g/mol. The molecule has 2 heterocycles. The minimum atomic E-state index is -1.68. The van der Waals surface area contributed by atoms with Crippen molar-refractivity contribution in [2.24, 2.45) is 0 Å². The van der Waals surface area contributed by atoms with Gasteiger partial charge in [-0.1, -0.05) is 0 Å². The van der Waals surface area contributed by atoms with Crippen molar-refractivity contribution in [1.82, 2.24) is 0 Å². The van der Waals surface area contributed by atoms with Crippen molar-refractivity contribution in [3.8, 4) is 0 Å². The fraction of sp³-hybridized carbons (Fsp3) is 0.571. The number of rotatable bonds is 6. The summed E-state index contributed by atoms with van der Waals surface area (Å²) in [7, 11) is 0. The SMILES string of the molecule is C(OCC1CO1)C1CO1.OCc1c(F)c(F)c(CO)c(F)c1F. The Hall–Kier alpha value is -1.26. The van der Waals surface area contributed by atoms with Crippen LogP contribution in [0.3, 0.4) is 0 Å². The lowest BCUT2D eigenvalue weighted by Gasteiger charge is -2.08. The molecular weight excluding hydrogens is 324 g/mol. The predicted molar refractivity (Wildman–Crippen MR) is 68.4 cm³/mol. The van der Waals surface area contributed by atoms with Gasteiger partial charge in [-0.15, -0.1) is 0 Å². The van der Waals surface area contributed by atoms with Crippen LogP contribution in [0.4, 0.5) is 17.6 Å². The minimum absolute atomic E-state index is 0.392. The van der Waals surface area contributed by atoms with E-state index in [0.29, 0.717) is 12.2 Å². The van der Waals surface area contributed by atoms with Gasteiger partial charge in [0.25, 0.3) is 0 Å². The van der Waals surface area contributed by atoms with Crippen LogP contribution in [0.1, 0.15) is 11.1 Å². The van der Waals surface area contributed by atoms with Crippen LogP contribution in [0.5, 0.6) is 0 Å². The van der Waals surface area contributed by atoms with E-state index in [1.807, 2.05) is 0 Å². The number of epoxide rings is 2. The number of hydrogen-bond acceptors (Lipinski definition) is 5. The van der Waals surface area contributed by atoms with Crippen LogP contribution in [0.25, 0.3) is 0 Å². The first kappa shape index (κ1) is 18.1. The van der Waals surface area contributed by atoms with Crippen molar-refractivity contribution in [2.45, 2.75) is 25.4 Å². The van der Waals surface area contributed by atoms with E-state index < -0.39 is 47.6 Å². The van der Waals surface area contributed by atoms with Crippen LogP contribution >= 0.6 is 0 Å². The molecule has 23 heavy (non-hydrogen) atoms. The highest BCUT2D eigenvalue weighted by atomic mass is 19.2. The van der Waals surface area contributed by atoms with Gasteiger partial charge in [0.05, 0.1) is 50.8 Å². The molecule has 0 saturated carbocycles. The summed E-state index contributed by atoms with van der Waals surface area (Å²) in [6, 6.07) is 0. The highest BCUT2D eigenvalue weighted by molar-refractivity contribution is 5.29. The highest BCUT2D eigenvalue weighted by Gasteiger charge is 2.26. The lowest BCUT2D eigenvalue weighted by molar-refractivity contribution is 0.102. The molecule has 2 fully saturated rings. The summed E-state index contributed by atoms with van der Waals surface area (Å²) in [5, 5.41) is 16.9. The summed E-state index contributed by atoms with van der Waals surface area (Å²) in [5.74, 6) is -6.74. The summed E-state index contributed by atoms with van der Waals surface area (Å²) in [4.78, 5) is 0. The second kappa shape index (κ2) is 8.02. The number of aliphatic hydroxyl groups is 2. The molecule has 2 atom stereocenters. The smallest absolute Gasteiger partial charge is 0.167 e. The molecule has 0 bridgehead atoms. The molecule has 5 nitrogen and oxygen atoms in total. The van der Waals surface area contributed by atoms with E-state index in [-0.39, 0.29) is 0 Å². The maximum atomic E-state index is 12.8. The van der Waals surface area contributed by atoms with E-state index in [4.69, 9.17) is 24.4 Å². The van der Waals surface area contributed by atoms with Crippen LogP contribution in [0.15, 0.2) is 0 Å². The quantitative estimate of drug-likeness (QED) is 0.460. The van der Waals surface area contributed by atoms with Gasteiger partial charge >= 0.3 is 0 Å². The molecule has 0 spiro atoms. The van der Waals surface area contributed by atoms with Crippen LogP contribution in [-0.2, 0) is 27.4 Å². The normalized spacial score (nSPS) is 21.7. The summed E-state index contributed by atoms with van der Waals surface area (Å²) in [6.07, 6.45) is 0.785. The van der Waals surface area contributed by atoms with Gasteiger partial charge < -0.3 is 24.4 Å². The van der Waals surface area contributed by atoms with Gasteiger partial charge in [0.1, 0.15) is 12.2 Å². The van der Waals surface area contributed by atoms with Gasteiger partial charge in [-0.25, -0.2) is 17.6 Å². The Kier molecular flexibility index (Phi) is 6.31. The molecule has 3 rings (SSSR count). The van der Waals surface area contributed by atoms with Crippen molar-refractivity contribution >= 4 is 0 Å². The summed E-state index contributed by atoms with van der Waals surface area (Å²) in [6.45, 7) is 0.950. The molecule has 1 aromatic carbocycles. The third-order valence-electron chi connectivity index (χ3n) is 3.17. The Morgan fingerprint density at radius 3 is 1.30 bits per heavy atom. The number of hydrogen-bond donors (Lipinski definition) is 2. The Bertz CT molecular complexity index is 470. The highest BCUT2D eigenvalue weighted by Crippen LogP contribution is 2.24. The van der Waals surface area contributed by atoms with E-state index in [9.17, 15) is 17.6 Å². The molecule has 0 radical (unpaired) electrons. The molecule has 1 aromatic rings. The molecule has 2 aliphatic rings. The molecule has 2 unspecified atom stereocenters. The third-order valence-corrected chi connectivity index (χ3v) is 3.17. The fourth-order valence-electron chi connectivity index (χ4n) is 1.66. The lowest BCUT2D eigenvalue weighted by atomic mass is 10.1. The van der Waals surface area contributed by atoms with Crippen LogP contribution < -0.4 is 0 Å². The van der Waals surface area contributed by atoms with E-state index in [2.05, 4.69) is 0 Å². The molecule has 0 aromatic heterocycles. The standard InChI is InChI=1S/C8H6F4O2.C6H10O3/c9-5-3(1-13)6(10)8(12)4(2-14)7(5)11;1(5-3-8-5)7-2-6-4-9-6/h13-14H,1-2H2;5-6H,1-4H2. The average molecular weight is 340 g/mol. The van der Waals surface area contributed by atoms with Crippen LogP contribution in [0, 0.1) is 23.3 Å². The molecule has 2 saturated heterocycles. The van der Waals surface area contributed by atoms with Crippen LogP contribution in [-0.4, -0.2) is 48.8 Å². The van der Waals surface area contributed by atoms with Gasteiger partial charge in [0.2, 0.25) is 0 Å². The van der Waals surface area contributed by atoms with Crippen molar-refractivity contribution in [3.63, 3.8) is 0 Å². The number of ether oxygens (including phenoxy) is 3. The molecule has 0 amide bonds. The van der Waals surface area contributed by atoms with Gasteiger partial charge in [0.15, 0.2) is 23.3 Å². The number of halogens is 4. The van der Waals surface area contributed by atoms with Gasteiger partial charge in [-0.3, -0.25) is 0 Å². The molecule has 2 aliphatic heterocycles. The Morgan fingerprint density at radius 2 is 1.09 bits per heavy atom. The van der Waals surface area contributed by atoms with Gasteiger partial charge in [-0.05, 0) is 0 Å². The number of aliphatic hydroxyl groups excluding tert-OH is 2. The first-order valence-corrected chi connectivity index (χ1v) is 6.85. The number of benzene rings is 1. The van der Waals surface area contributed by atoms with E-state index in [1.54, 1.807) is 0 Å². The Labute approximate surface area is 129 Å². The fourth-order valence-corrected chi connectivity index (χ4v) is 1.66. The first-order chi connectivity index (χ1) is 11.0. The minimum Gasteiger partial charge on any atom is -0.391 e. The van der Waals surface area contributed by atoms with E-state index in [1.165, 1.54) is 0 Å². The zero-order valence-electron chi connectivity index (χ0n) is 12.0. The molecule has 2 N–H and O–H groups in total. The van der Waals surface area contributed by atoms with Crippen molar-refractivity contribution in [1.29, 1.82) is 0 Å². The second-order valence-electron chi connectivity index (χ2n) is 4.98. The van der Waals surface area contributed by atoms with Crippen LogP contribution in [0.2, 0.25) is 0 Å². The zero-order valence-corrected chi connectivity index (χ0v) is 12.0. The molecule has 130 valence electrons. The maximum Gasteiger partial charge on any atom is 0.167 e. The average Bonchev–Trinajstić information content (AvgIpc) is 3.42. The maximum absolute atomic E-state index is 12.8. The zero-order chi connectivity index (χ0) is 17.0. The Morgan fingerprint density at radius 1 is 0.783 bits per heavy atom. The van der Waals surface area contributed by atoms with E-state index >= 15 is 0 Å². The lowest BCUT2D eigenvalue weighted by Crippen LogP contribution is -2.08. The predicted octanol–water partition coefficient (Wildman–Crippen LogP) is 1.03. The second-order valence-corrected chi connectivity index (χ2v) is 4.98. The summed E-state index contributed by atoms with van der Waals surface area (Å²) >= 11 is 0. The van der Waals surface area contributed by atoms with Gasteiger partial charge in [0, 0.05) is 0 Å². The van der Waals surface area contributed by atoms with Gasteiger partial charge in [-0.2, -0.15) is 0 Å². The van der Waals surface area contributed by atoms with E-state index in [0.717, 1.165) is 26.4 Å². The Balaban J connectivity index is 0.000000182. The first-order valence-electron chi connectivity index (χ1n) is 6.85. The van der Waals surface area contributed by atoms with Crippen molar-refractivity contribution in [3.05, 3.63) is 34.4 Å². The topological polar surface area (TPSA) is 74.8 Å². The summed E-state index contributed by atoms with van der Waals surface area (Å²) in [5.41, 5.74) is -2.17. The van der Waals surface area contributed by atoms with Crippen molar-refractivity contribution in [2.75, 3.05) is 26.4 Å². The largest absolute Gasteiger partial charge is 0.391 e. The molecule has 9 heteroatoms. The molecular formula is C14H16F4O5.